The molecule has 0 aromatic heterocycles. The van der Waals surface area contributed by atoms with Crippen LogP contribution in [0.5, 0.6) is 0 Å². The maximum absolute atomic E-state index is 5.55. The molecule has 3 unspecified atom stereocenters. The van der Waals surface area contributed by atoms with Gasteiger partial charge in [-0.15, -0.1) is 0 Å². The first-order valence-corrected chi connectivity index (χ1v) is 5.13. The molecule has 0 amide bonds. The van der Waals surface area contributed by atoms with Crippen LogP contribution in [0, 0.1) is 5.92 Å². The normalized spacial score (nSPS) is 42.2. The minimum Gasteiger partial charge on any atom is -0.349 e. The van der Waals surface area contributed by atoms with Gasteiger partial charge in [-0.05, 0) is 18.8 Å². The van der Waals surface area contributed by atoms with Gasteiger partial charge in [-0.1, -0.05) is 26.2 Å². The maximum Gasteiger partial charge on any atom is 0.147 e. The van der Waals surface area contributed by atoms with Gasteiger partial charge in [0.25, 0.3) is 0 Å². The van der Waals surface area contributed by atoms with Gasteiger partial charge in [0.15, 0.2) is 0 Å². The van der Waals surface area contributed by atoms with E-state index in [9.17, 15) is 0 Å². The van der Waals surface area contributed by atoms with Crippen LogP contribution in [0.3, 0.4) is 0 Å². The van der Waals surface area contributed by atoms with Gasteiger partial charge in [-0.3, -0.25) is 0 Å². The molecule has 1 aliphatic carbocycles. The summed E-state index contributed by atoms with van der Waals surface area (Å²) in [4.78, 5) is 0. The molecule has 2 heteroatoms. The quantitative estimate of drug-likeness (QED) is 0.601. The van der Waals surface area contributed by atoms with E-state index >= 15 is 0 Å². The molecule has 1 aliphatic heterocycles. The number of hydrogen-bond acceptors (Lipinski definition) is 2. The lowest BCUT2D eigenvalue weighted by molar-refractivity contribution is 0.0308. The summed E-state index contributed by atoms with van der Waals surface area (Å²) >= 11 is 0. The Kier molecular flexibility index (Phi) is 2.66. The molecule has 0 N–H and O–H groups in total. The summed E-state index contributed by atoms with van der Waals surface area (Å²) in [5.41, 5.74) is 0. The molecular formula is C10H18O2. The van der Waals surface area contributed by atoms with Gasteiger partial charge in [0.1, 0.15) is 6.79 Å². The molecule has 0 aromatic carbocycles. The van der Waals surface area contributed by atoms with E-state index in [4.69, 9.17) is 9.47 Å². The third-order valence-electron chi connectivity index (χ3n) is 3.22. The van der Waals surface area contributed by atoms with Crippen molar-refractivity contribution >= 4 is 0 Å². The summed E-state index contributed by atoms with van der Waals surface area (Å²) in [7, 11) is 0. The standard InChI is InChI=1S/C10H18O2/c1-2-8-4-3-5-9-10(6-8)12-7-11-9/h8-10H,2-7H2,1H3. The Balaban J connectivity index is 1.94. The molecule has 0 radical (unpaired) electrons. The van der Waals surface area contributed by atoms with Gasteiger partial charge >= 0.3 is 0 Å². The van der Waals surface area contributed by atoms with E-state index in [1.165, 1.54) is 32.1 Å². The lowest BCUT2D eigenvalue weighted by Crippen LogP contribution is -2.22. The zero-order chi connectivity index (χ0) is 8.39. The highest BCUT2D eigenvalue weighted by atomic mass is 16.7. The van der Waals surface area contributed by atoms with Crippen LogP contribution < -0.4 is 0 Å². The van der Waals surface area contributed by atoms with Gasteiger partial charge in [-0.25, -0.2) is 0 Å². The first kappa shape index (κ1) is 8.52. The number of fused-ring (bicyclic) bond motifs is 1. The summed E-state index contributed by atoms with van der Waals surface area (Å²) in [6.45, 7) is 2.81. The molecule has 2 fully saturated rings. The molecule has 1 saturated heterocycles. The first-order chi connectivity index (χ1) is 5.90. The number of hydrogen-bond donors (Lipinski definition) is 0. The van der Waals surface area contributed by atoms with Crippen molar-refractivity contribution in [1.29, 1.82) is 0 Å². The Morgan fingerprint density at radius 1 is 1.17 bits per heavy atom. The Hall–Kier alpha value is -0.0800. The highest BCUT2D eigenvalue weighted by Gasteiger charge is 2.32. The second kappa shape index (κ2) is 3.75. The molecule has 2 aliphatic rings. The molecule has 0 bridgehead atoms. The predicted molar refractivity (Wildman–Crippen MR) is 46.9 cm³/mol. The third-order valence-corrected chi connectivity index (χ3v) is 3.22. The largest absolute Gasteiger partial charge is 0.349 e. The van der Waals surface area contributed by atoms with Crippen molar-refractivity contribution in [2.24, 2.45) is 5.92 Å². The SMILES string of the molecule is CCC1CCCC2OCOC2C1. The molecule has 0 spiro atoms. The van der Waals surface area contributed by atoms with Gasteiger partial charge in [0, 0.05) is 0 Å². The van der Waals surface area contributed by atoms with Crippen LogP contribution in [0.15, 0.2) is 0 Å². The zero-order valence-corrected chi connectivity index (χ0v) is 7.79. The van der Waals surface area contributed by atoms with Crippen LogP contribution in [-0.2, 0) is 9.47 Å². The van der Waals surface area contributed by atoms with E-state index in [0.717, 1.165) is 5.92 Å². The summed E-state index contributed by atoms with van der Waals surface area (Å²) in [6, 6.07) is 0. The zero-order valence-electron chi connectivity index (χ0n) is 7.79. The van der Waals surface area contributed by atoms with Crippen molar-refractivity contribution in [3.05, 3.63) is 0 Å². The second-order valence-electron chi connectivity index (χ2n) is 3.97. The Morgan fingerprint density at radius 2 is 2.00 bits per heavy atom. The van der Waals surface area contributed by atoms with Crippen molar-refractivity contribution < 1.29 is 9.47 Å². The van der Waals surface area contributed by atoms with Gasteiger partial charge < -0.3 is 9.47 Å². The van der Waals surface area contributed by atoms with Crippen molar-refractivity contribution in [2.45, 2.75) is 51.2 Å². The van der Waals surface area contributed by atoms with Gasteiger partial charge in [-0.2, -0.15) is 0 Å². The number of rotatable bonds is 1. The second-order valence-corrected chi connectivity index (χ2v) is 3.97. The lowest BCUT2D eigenvalue weighted by Gasteiger charge is -2.16. The summed E-state index contributed by atoms with van der Waals surface area (Å²) in [5.74, 6) is 0.877. The molecule has 12 heavy (non-hydrogen) atoms. The fourth-order valence-corrected chi connectivity index (χ4v) is 2.34. The molecule has 2 rings (SSSR count). The lowest BCUT2D eigenvalue weighted by atomic mass is 9.96. The van der Waals surface area contributed by atoms with E-state index in [1.54, 1.807) is 0 Å². The molecule has 0 aromatic rings. The van der Waals surface area contributed by atoms with Crippen molar-refractivity contribution in [3.63, 3.8) is 0 Å². The van der Waals surface area contributed by atoms with Crippen molar-refractivity contribution in [3.8, 4) is 0 Å². The highest BCUT2D eigenvalue weighted by Crippen LogP contribution is 2.31. The predicted octanol–water partition coefficient (Wildman–Crippen LogP) is 2.33. The van der Waals surface area contributed by atoms with E-state index in [0.29, 0.717) is 19.0 Å². The van der Waals surface area contributed by atoms with Crippen LogP contribution in [0.2, 0.25) is 0 Å². The number of ether oxygens (including phenoxy) is 2. The third kappa shape index (κ3) is 1.64. The molecule has 3 atom stereocenters. The summed E-state index contributed by atoms with van der Waals surface area (Å²) in [6.07, 6.45) is 7.26. The van der Waals surface area contributed by atoms with Crippen molar-refractivity contribution in [2.75, 3.05) is 6.79 Å². The monoisotopic (exact) mass is 170 g/mol. The van der Waals surface area contributed by atoms with Gasteiger partial charge in [0.2, 0.25) is 0 Å². The summed E-state index contributed by atoms with van der Waals surface area (Å²) < 4.78 is 11.1. The minimum atomic E-state index is 0.414. The van der Waals surface area contributed by atoms with Crippen LogP contribution in [0.4, 0.5) is 0 Å². The smallest absolute Gasteiger partial charge is 0.147 e. The topological polar surface area (TPSA) is 18.5 Å². The van der Waals surface area contributed by atoms with Gasteiger partial charge in [0.05, 0.1) is 12.2 Å². The van der Waals surface area contributed by atoms with Crippen LogP contribution in [0.25, 0.3) is 0 Å². The molecular weight excluding hydrogens is 152 g/mol. The van der Waals surface area contributed by atoms with Crippen LogP contribution >= 0.6 is 0 Å². The van der Waals surface area contributed by atoms with E-state index in [-0.39, 0.29) is 0 Å². The van der Waals surface area contributed by atoms with E-state index in [1.807, 2.05) is 0 Å². The van der Waals surface area contributed by atoms with Crippen molar-refractivity contribution in [1.82, 2.24) is 0 Å². The average molecular weight is 170 g/mol. The Bertz CT molecular complexity index is 147. The first-order valence-electron chi connectivity index (χ1n) is 5.13. The summed E-state index contributed by atoms with van der Waals surface area (Å²) in [5, 5.41) is 0. The fraction of sp³-hybridized carbons (Fsp3) is 1.00. The van der Waals surface area contributed by atoms with E-state index < -0.39 is 0 Å². The maximum atomic E-state index is 5.55. The highest BCUT2D eigenvalue weighted by molar-refractivity contribution is 4.80. The average Bonchev–Trinajstić information content (AvgIpc) is 2.43. The molecule has 1 heterocycles. The Labute approximate surface area is 74.2 Å². The van der Waals surface area contributed by atoms with Crippen LogP contribution in [0.1, 0.15) is 39.0 Å². The van der Waals surface area contributed by atoms with Crippen LogP contribution in [-0.4, -0.2) is 19.0 Å². The Morgan fingerprint density at radius 3 is 2.83 bits per heavy atom. The van der Waals surface area contributed by atoms with E-state index in [2.05, 4.69) is 6.92 Å². The fourth-order valence-electron chi connectivity index (χ4n) is 2.34. The molecule has 70 valence electrons. The molecule has 1 saturated carbocycles. The molecule has 2 nitrogen and oxygen atoms in total. The minimum absolute atomic E-state index is 0.414.